The minimum atomic E-state index is 0.0120. The van der Waals surface area contributed by atoms with Crippen LogP contribution in [0.3, 0.4) is 0 Å². The van der Waals surface area contributed by atoms with Crippen LogP contribution in [0.4, 0.5) is 0 Å². The highest BCUT2D eigenvalue weighted by molar-refractivity contribution is 5.94. The lowest BCUT2D eigenvalue weighted by Gasteiger charge is -2.34. The average Bonchev–Trinajstić information content (AvgIpc) is 2.52. The average molecular weight is 333 g/mol. The van der Waals surface area contributed by atoms with Crippen molar-refractivity contribution in [3.8, 4) is 0 Å². The number of morpholine rings is 1. The molecule has 0 radical (unpaired) electrons. The quantitative estimate of drug-likeness (QED) is 0.827. The Morgan fingerprint density at radius 2 is 2.21 bits per heavy atom. The first-order valence-electron chi connectivity index (χ1n) is 8.80. The van der Waals surface area contributed by atoms with Crippen molar-refractivity contribution in [2.45, 2.75) is 26.5 Å². The fourth-order valence-electron chi connectivity index (χ4n) is 2.91. The van der Waals surface area contributed by atoms with Gasteiger partial charge < -0.3 is 15.0 Å². The van der Waals surface area contributed by atoms with Gasteiger partial charge in [0.2, 0.25) is 0 Å². The Kier molecular flexibility index (Phi) is 7.21. The summed E-state index contributed by atoms with van der Waals surface area (Å²) in [7, 11) is 4.14. The van der Waals surface area contributed by atoms with E-state index in [1.807, 2.05) is 18.2 Å². The van der Waals surface area contributed by atoms with Crippen LogP contribution in [0.5, 0.6) is 0 Å². The third kappa shape index (κ3) is 6.23. The van der Waals surface area contributed by atoms with Crippen LogP contribution in [0.15, 0.2) is 24.3 Å². The Morgan fingerprint density at radius 1 is 1.42 bits per heavy atom. The smallest absolute Gasteiger partial charge is 0.251 e. The molecule has 5 nitrogen and oxygen atoms in total. The summed E-state index contributed by atoms with van der Waals surface area (Å²) in [5.74, 6) is 0.470. The lowest BCUT2D eigenvalue weighted by molar-refractivity contribution is -0.0406. The Hall–Kier alpha value is -1.43. The number of amides is 1. The molecule has 1 aromatic carbocycles. The summed E-state index contributed by atoms with van der Waals surface area (Å²) < 4.78 is 5.83. The highest BCUT2D eigenvalue weighted by Crippen LogP contribution is 2.13. The third-order valence-electron chi connectivity index (χ3n) is 4.06. The summed E-state index contributed by atoms with van der Waals surface area (Å²) in [5, 5.41) is 2.98. The van der Waals surface area contributed by atoms with E-state index in [0.717, 1.165) is 38.3 Å². The Labute approximate surface area is 146 Å². The predicted molar refractivity (Wildman–Crippen MR) is 97.2 cm³/mol. The van der Waals surface area contributed by atoms with Gasteiger partial charge in [0.15, 0.2) is 0 Å². The van der Waals surface area contributed by atoms with Crippen LogP contribution in [0, 0.1) is 5.92 Å². The summed E-state index contributed by atoms with van der Waals surface area (Å²) in [5.41, 5.74) is 1.92. The first kappa shape index (κ1) is 18.9. The second kappa shape index (κ2) is 9.16. The van der Waals surface area contributed by atoms with E-state index in [9.17, 15) is 4.79 Å². The van der Waals surface area contributed by atoms with Gasteiger partial charge >= 0.3 is 0 Å². The number of ether oxygens (including phenoxy) is 1. The molecule has 1 aromatic rings. The van der Waals surface area contributed by atoms with Crippen molar-refractivity contribution in [2.24, 2.45) is 5.92 Å². The number of hydrogen-bond donors (Lipinski definition) is 1. The summed E-state index contributed by atoms with van der Waals surface area (Å²) in [6, 6.07) is 7.95. The van der Waals surface area contributed by atoms with Crippen molar-refractivity contribution in [3.63, 3.8) is 0 Å². The minimum Gasteiger partial charge on any atom is -0.374 e. The zero-order valence-electron chi connectivity index (χ0n) is 15.4. The molecule has 2 rings (SSSR count). The largest absolute Gasteiger partial charge is 0.374 e. The zero-order chi connectivity index (χ0) is 17.5. The molecule has 0 spiro atoms. The highest BCUT2D eigenvalue weighted by Gasteiger charge is 2.21. The number of nitrogens with zero attached hydrogens (tertiary/aromatic N) is 2. The molecule has 0 aromatic heterocycles. The Bertz CT molecular complexity index is 531. The molecule has 5 heteroatoms. The second-order valence-corrected chi connectivity index (χ2v) is 7.29. The maximum atomic E-state index is 12.2. The molecule has 0 unspecified atom stereocenters. The van der Waals surface area contributed by atoms with Crippen LogP contribution in [-0.2, 0) is 11.3 Å². The van der Waals surface area contributed by atoms with Crippen molar-refractivity contribution in [1.82, 2.24) is 15.1 Å². The maximum Gasteiger partial charge on any atom is 0.251 e. The molecule has 1 fully saturated rings. The number of hydrogen-bond acceptors (Lipinski definition) is 4. The van der Waals surface area contributed by atoms with Crippen LogP contribution in [-0.4, -0.2) is 68.7 Å². The van der Waals surface area contributed by atoms with Crippen LogP contribution in [0.1, 0.15) is 29.8 Å². The molecule has 1 aliphatic heterocycles. The van der Waals surface area contributed by atoms with Gasteiger partial charge in [0, 0.05) is 38.3 Å². The Balaban J connectivity index is 1.92. The van der Waals surface area contributed by atoms with E-state index in [-0.39, 0.29) is 12.0 Å². The van der Waals surface area contributed by atoms with Crippen molar-refractivity contribution < 1.29 is 9.53 Å². The minimum absolute atomic E-state index is 0.0120. The zero-order valence-corrected chi connectivity index (χ0v) is 15.4. The van der Waals surface area contributed by atoms with E-state index in [4.69, 9.17) is 4.74 Å². The molecule has 0 saturated carbocycles. The molecule has 24 heavy (non-hydrogen) atoms. The molecule has 134 valence electrons. The predicted octanol–water partition coefficient (Wildman–Crippen LogP) is 1.83. The standard InChI is InChI=1S/C19H31N3O2/c1-15(2)11-20-19(23)17-7-5-6-16(10-17)12-22-8-9-24-18(14-22)13-21(3)4/h5-7,10,15,18H,8-9,11-14H2,1-4H3,(H,20,23)/t18-/m0/s1. The van der Waals surface area contributed by atoms with Gasteiger partial charge in [0.05, 0.1) is 12.7 Å². The van der Waals surface area contributed by atoms with E-state index in [1.165, 1.54) is 5.56 Å². The summed E-state index contributed by atoms with van der Waals surface area (Å²) >= 11 is 0. The number of rotatable bonds is 7. The van der Waals surface area contributed by atoms with Crippen LogP contribution in [0.2, 0.25) is 0 Å². The number of benzene rings is 1. The van der Waals surface area contributed by atoms with Crippen LogP contribution in [0.25, 0.3) is 0 Å². The lowest BCUT2D eigenvalue weighted by Crippen LogP contribution is -2.45. The summed E-state index contributed by atoms with van der Waals surface area (Å²) in [6.45, 7) is 9.34. The van der Waals surface area contributed by atoms with E-state index in [1.54, 1.807) is 0 Å². The third-order valence-corrected chi connectivity index (χ3v) is 4.06. The van der Waals surface area contributed by atoms with Gasteiger partial charge in [-0.3, -0.25) is 9.69 Å². The maximum absolute atomic E-state index is 12.2. The normalized spacial score (nSPS) is 19.0. The molecule has 0 bridgehead atoms. The van der Waals surface area contributed by atoms with Gasteiger partial charge in [-0.05, 0) is 37.7 Å². The molecule has 0 aliphatic carbocycles. The fraction of sp³-hybridized carbons (Fsp3) is 0.632. The first-order chi connectivity index (χ1) is 11.4. The van der Waals surface area contributed by atoms with Gasteiger partial charge in [-0.1, -0.05) is 26.0 Å². The van der Waals surface area contributed by atoms with Crippen LogP contribution >= 0.6 is 0 Å². The Morgan fingerprint density at radius 3 is 2.92 bits per heavy atom. The fourth-order valence-corrected chi connectivity index (χ4v) is 2.91. The van der Waals surface area contributed by atoms with Gasteiger partial charge in [0.25, 0.3) is 5.91 Å². The molecular formula is C19H31N3O2. The first-order valence-corrected chi connectivity index (χ1v) is 8.80. The monoisotopic (exact) mass is 333 g/mol. The SMILES string of the molecule is CC(C)CNC(=O)c1cccc(CN2CCO[C@@H](CN(C)C)C2)c1. The molecule has 1 aliphatic rings. The van der Waals surface area contributed by atoms with Crippen molar-refractivity contribution in [3.05, 3.63) is 35.4 Å². The van der Waals surface area contributed by atoms with E-state index < -0.39 is 0 Å². The van der Waals surface area contributed by atoms with Gasteiger partial charge in [-0.15, -0.1) is 0 Å². The van der Waals surface area contributed by atoms with Crippen LogP contribution < -0.4 is 5.32 Å². The second-order valence-electron chi connectivity index (χ2n) is 7.29. The van der Waals surface area contributed by atoms with E-state index >= 15 is 0 Å². The summed E-state index contributed by atoms with van der Waals surface area (Å²) in [4.78, 5) is 16.8. The van der Waals surface area contributed by atoms with Crippen molar-refractivity contribution in [2.75, 3.05) is 46.9 Å². The molecule has 1 saturated heterocycles. The summed E-state index contributed by atoms with van der Waals surface area (Å²) in [6.07, 6.45) is 0.256. The molecule has 1 amide bonds. The van der Waals surface area contributed by atoms with Crippen molar-refractivity contribution in [1.29, 1.82) is 0 Å². The molecular weight excluding hydrogens is 302 g/mol. The number of nitrogens with one attached hydrogen (secondary N) is 1. The lowest BCUT2D eigenvalue weighted by atomic mass is 10.1. The van der Waals surface area contributed by atoms with E-state index in [0.29, 0.717) is 12.5 Å². The molecule has 1 heterocycles. The molecule has 1 atom stereocenters. The van der Waals surface area contributed by atoms with Gasteiger partial charge in [0.1, 0.15) is 0 Å². The van der Waals surface area contributed by atoms with Crippen molar-refractivity contribution >= 4 is 5.91 Å². The number of carbonyl (C=O) groups is 1. The number of carbonyl (C=O) groups excluding carboxylic acids is 1. The highest BCUT2D eigenvalue weighted by atomic mass is 16.5. The van der Waals surface area contributed by atoms with Gasteiger partial charge in [-0.2, -0.15) is 0 Å². The topological polar surface area (TPSA) is 44.8 Å². The van der Waals surface area contributed by atoms with E-state index in [2.05, 4.69) is 49.1 Å². The number of likely N-dealkylation sites (N-methyl/N-ethyl adjacent to an activating group) is 1. The molecule has 1 N–H and O–H groups in total. The van der Waals surface area contributed by atoms with Gasteiger partial charge in [-0.25, -0.2) is 0 Å².